The molecule has 3 aromatic carbocycles. The summed E-state index contributed by atoms with van der Waals surface area (Å²) in [5, 5.41) is 0. The molecule has 2 aliphatic heterocycles. The summed E-state index contributed by atoms with van der Waals surface area (Å²) in [6.45, 7) is 28.0. The topological polar surface area (TPSA) is 66.9 Å². The summed E-state index contributed by atoms with van der Waals surface area (Å²) in [6, 6.07) is 24.3. The second kappa shape index (κ2) is 17.3. The Morgan fingerprint density at radius 3 is 1.63 bits per heavy atom. The minimum atomic E-state index is -3.08. The minimum absolute atomic E-state index is 0.0146. The van der Waals surface area contributed by atoms with Crippen molar-refractivity contribution >= 4 is 15.7 Å². The van der Waals surface area contributed by atoms with Gasteiger partial charge in [-0.1, -0.05) is 118 Å². The summed E-state index contributed by atoms with van der Waals surface area (Å²) in [5.41, 5.74) is 6.34. The maximum absolute atomic E-state index is 12.1. The molecule has 2 saturated heterocycles. The molecule has 0 saturated carbocycles. The first-order valence-corrected chi connectivity index (χ1v) is 19.6. The molecule has 5 rings (SSSR count). The number of amides is 1. The summed E-state index contributed by atoms with van der Waals surface area (Å²) in [5.74, 6) is 0.337. The minimum Gasteiger partial charge on any atom is -0.379 e. The zero-order chi connectivity index (χ0) is 36.5. The van der Waals surface area contributed by atoms with Gasteiger partial charge >= 0.3 is 0 Å². The van der Waals surface area contributed by atoms with Gasteiger partial charge in [0.15, 0.2) is 9.84 Å². The highest BCUT2D eigenvalue weighted by molar-refractivity contribution is 7.91. The molecule has 1 amide bonds. The molecule has 0 atom stereocenters. The van der Waals surface area contributed by atoms with Gasteiger partial charge in [0, 0.05) is 38.3 Å². The molecule has 49 heavy (non-hydrogen) atoms. The maximum atomic E-state index is 12.1. The Balaban J connectivity index is 0.000000200. The van der Waals surface area contributed by atoms with Crippen molar-refractivity contribution in [2.75, 3.05) is 45.1 Å². The number of hydrogen-bond acceptors (Lipinski definition) is 5. The standard InChI is InChI=1S/C15H23NO.C15H21NO.C12H18O2S/c1-15(2,3)14-6-4-13(5-7-14)12-16-8-10-17-11-9-16;1-15(2,3)13-8-6-12(7-9-13)14(17)16-10-4-5-11-16;1-5-15(13,14)11-8-6-7-10(9-11)12(2,3)4/h4-7H,8-12H2,1-3H3;6-9H,4-5,10-11H2,1-3H3;6-9H,5H2,1-4H3. The molecule has 2 heterocycles. The third kappa shape index (κ3) is 12.7. The summed E-state index contributed by atoms with van der Waals surface area (Å²) in [6.07, 6.45) is 2.29. The fourth-order valence-corrected chi connectivity index (χ4v) is 6.59. The average Bonchev–Trinajstić information content (AvgIpc) is 3.60. The summed E-state index contributed by atoms with van der Waals surface area (Å²) in [4.78, 5) is 17.0. The van der Waals surface area contributed by atoms with E-state index >= 15 is 0 Å². The molecule has 0 radical (unpaired) electrons. The number of benzene rings is 3. The SMILES string of the molecule is CC(C)(C)c1ccc(C(=O)N2CCCC2)cc1.CC(C)(C)c1ccc(CN2CCOCC2)cc1.CCS(=O)(=O)c1cccc(C(C)(C)C)c1. The van der Waals surface area contributed by atoms with Crippen LogP contribution in [0.2, 0.25) is 0 Å². The molecule has 0 bridgehead atoms. The van der Waals surface area contributed by atoms with Crippen LogP contribution in [-0.4, -0.2) is 69.3 Å². The van der Waals surface area contributed by atoms with Crippen molar-refractivity contribution in [2.45, 2.75) is 110 Å². The number of likely N-dealkylation sites (tertiary alicyclic amines) is 1. The number of morpholine rings is 1. The molecule has 2 aliphatic rings. The average molecular weight is 691 g/mol. The van der Waals surface area contributed by atoms with E-state index in [9.17, 15) is 13.2 Å². The molecular weight excluding hydrogens is 629 g/mol. The Labute approximate surface area is 298 Å². The molecule has 7 heteroatoms. The van der Waals surface area contributed by atoms with Crippen LogP contribution in [0.5, 0.6) is 0 Å². The number of nitrogens with zero attached hydrogens (tertiary/aromatic N) is 2. The first-order chi connectivity index (χ1) is 22.8. The van der Waals surface area contributed by atoms with Crippen molar-refractivity contribution in [3.8, 4) is 0 Å². The van der Waals surface area contributed by atoms with Crippen LogP contribution >= 0.6 is 0 Å². The van der Waals surface area contributed by atoms with E-state index in [4.69, 9.17) is 4.74 Å². The first-order valence-electron chi connectivity index (χ1n) is 17.9. The summed E-state index contributed by atoms with van der Waals surface area (Å²) >= 11 is 0. The Hall–Kier alpha value is -3.00. The monoisotopic (exact) mass is 690 g/mol. The van der Waals surface area contributed by atoms with Crippen molar-refractivity contribution in [3.05, 3.63) is 101 Å². The van der Waals surface area contributed by atoms with Gasteiger partial charge < -0.3 is 9.64 Å². The van der Waals surface area contributed by atoms with Gasteiger partial charge in [0.1, 0.15) is 0 Å². The zero-order valence-corrected chi connectivity index (χ0v) is 32.8. The van der Waals surface area contributed by atoms with Gasteiger partial charge in [-0.25, -0.2) is 8.42 Å². The molecule has 2 fully saturated rings. The van der Waals surface area contributed by atoms with E-state index in [-0.39, 0.29) is 27.9 Å². The third-order valence-corrected chi connectivity index (χ3v) is 10.9. The van der Waals surface area contributed by atoms with Gasteiger partial charge in [0.2, 0.25) is 0 Å². The number of hydrogen-bond donors (Lipinski definition) is 0. The van der Waals surface area contributed by atoms with Gasteiger partial charge in [-0.05, 0) is 75.6 Å². The van der Waals surface area contributed by atoms with E-state index < -0.39 is 9.84 Å². The maximum Gasteiger partial charge on any atom is 0.253 e. The Bertz CT molecular complexity index is 1560. The Kier molecular flexibility index (Phi) is 14.3. The van der Waals surface area contributed by atoms with E-state index in [0.29, 0.717) is 4.90 Å². The van der Waals surface area contributed by atoms with Crippen LogP contribution < -0.4 is 0 Å². The van der Waals surface area contributed by atoms with Gasteiger partial charge in [-0.2, -0.15) is 0 Å². The van der Waals surface area contributed by atoms with E-state index in [1.54, 1.807) is 19.1 Å². The van der Waals surface area contributed by atoms with Crippen LogP contribution in [0.15, 0.2) is 77.7 Å². The van der Waals surface area contributed by atoms with Gasteiger partial charge in [-0.15, -0.1) is 0 Å². The highest BCUT2D eigenvalue weighted by Crippen LogP contribution is 2.26. The highest BCUT2D eigenvalue weighted by atomic mass is 32.2. The van der Waals surface area contributed by atoms with Crippen LogP contribution in [0.1, 0.15) is 115 Å². The molecule has 0 spiro atoms. The van der Waals surface area contributed by atoms with Crippen molar-refractivity contribution < 1.29 is 17.9 Å². The zero-order valence-electron chi connectivity index (χ0n) is 31.9. The fraction of sp³-hybridized carbons (Fsp3) is 0.548. The van der Waals surface area contributed by atoms with Crippen molar-refractivity contribution in [1.29, 1.82) is 0 Å². The number of rotatable bonds is 5. The number of sulfone groups is 1. The normalized spacial score (nSPS) is 15.9. The Morgan fingerprint density at radius 1 is 0.673 bits per heavy atom. The van der Waals surface area contributed by atoms with Crippen LogP contribution in [0.25, 0.3) is 0 Å². The lowest BCUT2D eigenvalue weighted by Crippen LogP contribution is -2.35. The summed E-state index contributed by atoms with van der Waals surface area (Å²) in [7, 11) is -3.08. The van der Waals surface area contributed by atoms with Gasteiger partial charge in [0.05, 0.1) is 23.9 Å². The van der Waals surface area contributed by atoms with Crippen molar-refractivity contribution in [2.24, 2.45) is 0 Å². The molecule has 0 unspecified atom stereocenters. The number of carbonyl (C=O) groups is 1. The van der Waals surface area contributed by atoms with E-state index in [2.05, 4.69) is 104 Å². The molecule has 0 aromatic heterocycles. The largest absolute Gasteiger partial charge is 0.379 e. The lowest BCUT2D eigenvalue weighted by atomic mass is 9.86. The summed E-state index contributed by atoms with van der Waals surface area (Å²) < 4.78 is 28.7. The van der Waals surface area contributed by atoms with E-state index in [1.807, 2.05) is 29.2 Å². The molecule has 6 nitrogen and oxygen atoms in total. The molecule has 270 valence electrons. The number of ether oxygens (including phenoxy) is 1. The van der Waals surface area contributed by atoms with Crippen LogP contribution in [0.4, 0.5) is 0 Å². The van der Waals surface area contributed by atoms with Crippen molar-refractivity contribution in [1.82, 2.24) is 9.80 Å². The first kappa shape index (κ1) is 40.4. The van der Waals surface area contributed by atoms with E-state index in [1.165, 1.54) is 16.7 Å². The third-order valence-electron chi connectivity index (χ3n) is 9.16. The lowest BCUT2D eigenvalue weighted by Gasteiger charge is -2.27. The van der Waals surface area contributed by atoms with Crippen molar-refractivity contribution in [3.63, 3.8) is 0 Å². The molecular formula is C42H62N2O4S. The lowest BCUT2D eigenvalue weighted by molar-refractivity contribution is 0.0342. The predicted molar refractivity (Wildman–Crippen MR) is 204 cm³/mol. The van der Waals surface area contributed by atoms with Crippen LogP contribution in [0, 0.1) is 0 Å². The van der Waals surface area contributed by atoms with Gasteiger partial charge in [0.25, 0.3) is 5.91 Å². The van der Waals surface area contributed by atoms with Crippen LogP contribution in [0.3, 0.4) is 0 Å². The van der Waals surface area contributed by atoms with E-state index in [0.717, 1.165) is 69.9 Å². The smallest absolute Gasteiger partial charge is 0.253 e. The fourth-order valence-electron chi connectivity index (χ4n) is 5.67. The van der Waals surface area contributed by atoms with Gasteiger partial charge in [-0.3, -0.25) is 9.69 Å². The van der Waals surface area contributed by atoms with Crippen LogP contribution in [-0.2, 0) is 37.4 Å². The quantitative estimate of drug-likeness (QED) is 0.268. The molecule has 0 N–H and O–H groups in total. The number of carbonyl (C=O) groups excluding carboxylic acids is 1. The Morgan fingerprint density at radius 2 is 1.16 bits per heavy atom. The second-order valence-corrected chi connectivity index (χ2v) is 18.6. The second-order valence-electron chi connectivity index (χ2n) is 16.3. The molecule has 3 aromatic rings. The predicted octanol–water partition coefficient (Wildman–Crippen LogP) is 8.81. The molecule has 0 aliphatic carbocycles. The highest BCUT2D eigenvalue weighted by Gasteiger charge is 2.21.